The van der Waals surface area contributed by atoms with Crippen LogP contribution in [-0.2, 0) is 0 Å². The standard InChI is InChI=1S/C22H42/c1-15(2)17(5,6)21(13)19(9,10)16(3,4)20(11,12)22(21,14)18(15,7)8/h1-14H3. The zero-order chi connectivity index (χ0) is 18.0. The van der Waals surface area contributed by atoms with Crippen LogP contribution in [0.4, 0.5) is 0 Å². The van der Waals surface area contributed by atoms with Crippen molar-refractivity contribution in [2.24, 2.45) is 43.3 Å². The Morgan fingerprint density at radius 2 is 0.364 bits per heavy atom. The van der Waals surface area contributed by atoms with Crippen LogP contribution in [0.3, 0.4) is 0 Å². The fraction of sp³-hybridized carbons (Fsp3) is 1.00. The quantitative estimate of drug-likeness (QED) is 0.444. The van der Waals surface area contributed by atoms with Gasteiger partial charge >= 0.3 is 0 Å². The molecule has 0 nitrogen and oxygen atoms in total. The van der Waals surface area contributed by atoms with Crippen LogP contribution in [0.15, 0.2) is 0 Å². The van der Waals surface area contributed by atoms with Gasteiger partial charge in [0, 0.05) is 0 Å². The van der Waals surface area contributed by atoms with Gasteiger partial charge in [-0.05, 0) is 43.3 Å². The second-order valence-electron chi connectivity index (χ2n) is 12.0. The minimum atomic E-state index is 0.271. The van der Waals surface area contributed by atoms with E-state index in [0.29, 0.717) is 0 Å². The highest BCUT2D eigenvalue weighted by molar-refractivity contribution is 5.35. The van der Waals surface area contributed by atoms with Gasteiger partial charge < -0.3 is 0 Å². The molecule has 0 unspecified atom stereocenters. The minimum absolute atomic E-state index is 0.271. The molecule has 2 rings (SSSR count). The summed E-state index contributed by atoms with van der Waals surface area (Å²) in [7, 11) is 0. The third-order valence-electron chi connectivity index (χ3n) is 12.2. The van der Waals surface area contributed by atoms with Crippen molar-refractivity contribution in [1.29, 1.82) is 0 Å². The zero-order valence-electron chi connectivity index (χ0n) is 18.0. The molecule has 2 fully saturated rings. The lowest BCUT2D eigenvalue weighted by Crippen LogP contribution is -2.52. The molecule has 0 aromatic rings. The lowest BCUT2D eigenvalue weighted by molar-refractivity contribution is -0.100. The number of rotatable bonds is 0. The summed E-state index contributed by atoms with van der Waals surface area (Å²) in [6, 6.07) is 0. The van der Waals surface area contributed by atoms with Crippen molar-refractivity contribution in [3.63, 3.8) is 0 Å². The van der Waals surface area contributed by atoms with Crippen molar-refractivity contribution in [1.82, 2.24) is 0 Å². The Hall–Kier alpha value is 0. The first-order valence-electron chi connectivity index (χ1n) is 9.25. The molecule has 2 aliphatic rings. The van der Waals surface area contributed by atoms with E-state index in [1.54, 1.807) is 0 Å². The first-order chi connectivity index (χ1) is 9.25. The fourth-order valence-corrected chi connectivity index (χ4v) is 8.12. The fourth-order valence-electron chi connectivity index (χ4n) is 8.12. The maximum absolute atomic E-state index is 2.62. The van der Waals surface area contributed by atoms with E-state index >= 15 is 0 Å². The van der Waals surface area contributed by atoms with E-state index in [1.165, 1.54) is 0 Å². The number of hydrogen-bond donors (Lipinski definition) is 0. The maximum atomic E-state index is 2.62. The summed E-state index contributed by atoms with van der Waals surface area (Å²) in [4.78, 5) is 0. The largest absolute Gasteiger partial charge is 0.0588 e. The van der Waals surface area contributed by atoms with Gasteiger partial charge in [0.1, 0.15) is 0 Å². The van der Waals surface area contributed by atoms with Crippen molar-refractivity contribution >= 4 is 0 Å². The maximum Gasteiger partial charge on any atom is -0.0148 e. The molecule has 0 heterocycles. The first-order valence-corrected chi connectivity index (χ1v) is 9.25. The second kappa shape index (κ2) is 3.65. The Morgan fingerprint density at radius 3 is 0.500 bits per heavy atom. The molecular weight excluding hydrogens is 264 g/mol. The van der Waals surface area contributed by atoms with Gasteiger partial charge in [-0.25, -0.2) is 0 Å². The molecule has 0 amide bonds. The van der Waals surface area contributed by atoms with Gasteiger partial charge in [0.25, 0.3) is 0 Å². The van der Waals surface area contributed by atoms with Crippen molar-refractivity contribution in [2.45, 2.75) is 96.9 Å². The average molecular weight is 307 g/mol. The van der Waals surface area contributed by atoms with E-state index < -0.39 is 0 Å². The average Bonchev–Trinajstić information content (AvgIpc) is 2.43. The van der Waals surface area contributed by atoms with Gasteiger partial charge in [-0.15, -0.1) is 0 Å². The predicted molar refractivity (Wildman–Crippen MR) is 98.9 cm³/mol. The van der Waals surface area contributed by atoms with E-state index in [1.807, 2.05) is 0 Å². The lowest BCUT2D eigenvalue weighted by atomic mass is 9.46. The second-order valence-corrected chi connectivity index (χ2v) is 12.0. The van der Waals surface area contributed by atoms with Gasteiger partial charge in [-0.3, -0.25) is 0 Å². The van der Waals surface area contributed by atoms with Gasteiger partial charge in [-0.2, -0.15) is 0 Å². The van der Waals surface area contributed by atoms with Gasteiger partial charge in [0.05, 0.1) is 0 Å². The molecule has 0 bridgehead atoms. The van der Waals surface area contributed by atoms with E-state index in [2.05, 4.69) is 96.9 Å². The van der Waals surface area contributed by atoms with Crippen molar-refractivity contribution in [3.05, 3.63) is 0 Å². The summed E-state index contributed by atoms with van der Waals surface area (Å²) in [6.07, 6.45) is 0. The summed E-state index contributed by atoms with van der Waals surface area (Å²) in [5, 5.41) is 0. The lowest BCUT2D eigenvalue weighted by Gasteiger charge is -2.58. The van der Waals surface area contributed by atoms with Crippen LogP contribution in [0, 0.1) is 43.3 Å². The molecule has 130 valence electrons. The van der Waals surface area contributed by atoms with Gasteiger partial charge in [0.2, 0.25) is 0 Å². The normalized spacial score (nSPS) is 45.5. The van der Waals surface area contributed by atoms with E-state index in [0.717, 1.165) is 0 Å². The van der Waals surface area contributed by atoms with Gasteiger partial charge in [0.15, 0.2) is 0 Å². The van der Waals surface area contributed by atoms with Crippen LogP contribution >= 0.6 is 0 Å². The zero-order valence-corrected chi connectivity index (χ0v) is 18.0. The van der Waals surface area contributed by atoms with Gasteiger partial charge in [-0.1, -0.05) is 96.9 Å². The highest BCUT2D eigenvalue weighted by Crippen LogP contribution is 2.93. The van der Waals surface area contributed by atoms with Crippen molar-refractivity contribution in [3.8, 4) is 0 Å². The molecule has 22 heavy (non-hydrogen) atoms. The van der Waals surface area contributed by atoms with Crippen LogP contribution in [0.2, 0.25) is 0 Å². The topological polar surface area (TPSA) is 0 Å². The highest BCUT2D eigenvalue weighted by atomic mass is 14.9. The monoisotopic (exact) mass is 306 g/mol. The molecular formula is C22H42. The van der Waals surface area contributed by atoms with Crippen LogP contribution in [0.5, 0.6) is 0 Å². The molecule has 0 N–H and O–H groups in total. The molecule has 0 aromatic carbocycles. The number of hydrogen-bond acceptors (Lipinski definition) is 0. The van der Waals surface area contributed by atoms with Crippen LogP contribution in [-0.4, -0.2) is 0 Å². The Morgan fingerprint density at radius 1 is 0.227 bits per heavy atom. The molecule has 0 heteroatoms. The Labute approximate surface area is 140 Å². The number of fused-ring (bicyclic) bond motifs is 1. The molecule has 0 saturated heterocycles. The summed E-state index contributed by atoms with van der Waals surface area (Å²) in [5.74, 6) is 0. The smallest absolute Gasteiger partial charge is 0.0148 e. The van der Waals surface area contributed by atoms with Crippen LogP contribution in [0.25, 0.3) is 0 Å². The van der Waals surface area contributed by atoms with Crippen molar-refractivity contribution < 1.29 is 0 Å². The first kappa shape index (κ1) is 18.3. The predicted octanol–water partition coefficient (Wildman–Crippen LogP) is 7.18. The molecule has 2 aliphatic carbocycles. The van der Waals surface area contributed by atoms with Crippen LogP contribution in [0.1, 0.15) is 96.9 Å². The van der Waals surface area contributed by atoms with E-state index in [4.69, 9.17) is 0 Å². The molecule has 0 atom stereocenters. The van der Waals surface area contributed by atoms with Crippen molar-refractivity contribution in [2.75, 3.05) is 0 Å². The molecule has 2 saturated carbocycles. The molecule has 0 spiro atoms. The Balaban J connectivity index is 3.06. The highest BCUT2D eigenvalue weighted by Gasteiger charge is 2.88. The summed E-state index contributed by atoms with van der Waals surface area (Å²) in [6.45, 7) is 35.8. The molecule has 0 aliphatic heterocycles. The Bertz CT molecular complexity index is 424. The van der Waals surface area contributed by atoms with Crippen LogP contribution < -0.4 is 0 Å². The SMILES string of the molecule is CC1(C)C(C)(C)C2(C)C(C)(C)C(C)(C)C(C)(C)C2(C)C1(C)C. The third kappa shape index (κ3) is 1.10. The summed E-state index contributed by atoms with van der Waals surface area (Å²) in [5.41, 5.74) is 2.20. The molecule has 0 radical (unpaired) electrons. The summed E-state index contributed by atoms with van der Waals surface area (Å²) >= 11 is 0. The van der Waals surface area contributed by atoms with E-state index in [-0.39, 0.29) is 43.3 Å². The molecule has 0 aromatic heterocycles. The summed E-state index contributed by atoms with van der Waals surface area (Å²) < 4.78 is 0. The third-order valence-corrected chi connectivity index (χ3v) is 12.2. The minimum Gasteiger partial charge on any atom is -0.0588 e. The van der Waals surface area contributed by atoms with E-state index in [9.17, 15) is 0 Å². The Kier molecular flexibility index (Phi) is 3.04.